The fourth-order valence-electron chi connectivity index (χ4n) is 2.19. The number of para-hydroxylation sites is 1. The van der Waals surface area contributed by atoms with Crippen molar-refractivity contribution in [1.82, 2.24) is 4.90 Å². The van der Waals surface area contributed by atoms with Crippen molar-refractivity contribution >= 4 is 39.5 Å². The standard InChI is InChI=1S/C13H14BrN3O4/c14-9-3-1-2-8(12(19)20)10(9)16-13(21)17-5-4-7(6-17)11(15)18/h1-3,7H,4-6H2,(H2,15,18)(H,16,21)(H,19,20). The Balaban J connectivity index is 2.14. The molecule has 1 aliphatic rings. The van der Waals surface area contributed by atoms with E-state index < -0.39 is 17.9 Å². The maximum absolute atomic E-state index is 12.2. The van der Waals surface area contributed by atoms with Gasteiger partial charge in [-0.15, -0.1) is 0 Å². The number of nitrogens with zero attached hydrogens (tertiary/aromatic N) is 1. The molecule has 4 N–H and O–H groups in total. The van der Waals surface area contributed by atoms with Crippen LogP contribution in [0.25, 0.3) is 0 Å². The number of urea groups is 1. The molecule has 1 atom stereocenters. The van der Waals surface area contributed by atoms with Gasteiger partial charge in [-0.25, -0.2) is 9.59 Å². The second-order valence-electron chi connectivity index (χ2n) is 4.73. The third kappa shape index (κ3) is 3.33. The van der Waals surface area contributed by atoms with Crippen LogP contribution in [0.5, 0.6) is 0 Å². The third-order valence-electron chi connectivity index (χ3n) is 3.35. The van der Waals surface area contributed by atoms with Gasteiger partial charge in [0.05, 0.1) is 17.2 Å². The summed E-state index contributed by atoms with van der Waals surface area (Å²) < 4.78 is 0.474. The normalized spacial score (nSPS) is 17.6. The molecule has 1 saturated heterocycles. The van der Waals surface area contributed by atoms with Gasteiger partial charge in [0.2, 0.25) is 5.91 Å². The first-order valence-corrected chi connectivity index (χ1v) is 7.06. The molecule has 1 fully saturated rings. The van der Waals surface area contributed by atoms with Gasteiger partial charge in [0, 0.05) is 17.6 Å². The Morgan fingerprint density at radius 2 is 2.10 bits per heavy atom. The van der Waals surface area contributed by atoms with Gasteiger partial charge < -0.3 is 21.1 Å². The van der Waals surface area contributed by atoms with Crippen LogP contribution in [0.15, 0.2) is 22.7 Å². The van der Waals surface area contributed by atoms with E-state index in [2.05, 4.69) is 21.2 Å². The number of benzene rings is 1. The Bertz CT molecular complexity index is 605. The van der Waals surface area contributed by atoms with Crippen LogP contribution in [0.4, 0.5) is 10.5 Å². The first-order chi connectivity index (χ1) is 9.90. The molecule has 7 nitrogen and oxygen atoms in total. The highest BCUT2D eigenvalue weighted by Crippen LogP contribution is 2.27. The van der Waals surface area contributed by atoms with E-state index in [0.717, 1.165) is 0 Å². The fourth-order valence-corrected chi connectivity index (χ4v) is 2.66. The predicted molar refractivity (Wildman–Crippen MR) is 79.0 cm³/mol. The second kappa shape index (κ2) is 6.13. The van der Waals surface area contributed by atoms with E-state index >= 15 is 0 Å². The van der Waals surface area contributed by atoms with Gasteiger partial charge in [0.15, 0.2) is 0 Å². The van der Waals surface area contributed by atoms with Crippen LogP contribution in [-0.2, 0) is 4.79 Å². The molecule has 0 aromatic heterocycles. The number of primary amides is 1. The van der Waals surface area contributed by atoms with Gasteiger partial charge in [0.1, 0.15) is 0 Å². The van der Waals surface area contributed by atoms with Crippen LogP contribution in [0.2, 0.25) is 0 Å². The zero-order valence-corrected chi connectivity index (χ0v) is 12.6. The molecular weight excluding hydrogens is 342 g/mol. The average molecular weight is 356 g/mol. The number of hydrogen-bond donors (Lipinski definition) is 3. The summed E-state index contributed by atoms with van der Waals surface area (Å²) in [4.78, 5) is 35.9. The number of aromatic carboxylic acids is 1. The first-order valence-electron chi connectivity index (χ1n) is 6.27. The van der Waals surface area contributed by atoms with E-state index in [1.54, 1.807) is 12.1 Å². The van der Waals surface area contributed by atoms with Crippen molar-refractivity contribution in [3.63, 3.8) is 0 Å². The lowest BCUT2D eigenvalue weighted by atomic mass is 10.1. The SMILES string of the molecule is NC(=O)C1CCN(C(=O)Nc2c(Br)cccc2C(=O)O)C1. The number of nitrogens with one attached hydrogen (secondary N) is 1. The molecule has 0 radical (unpaired) electrons. The fraction of sp³-hybridized carbons (Fsp3) is 0.308. The van der Waals surface area contributed by atoms with Gasteiger partial charge in [0.25, 0.3) is 0 Å². The molecule has 1 unspecified atom stereocenters. The quantitative estimate of drug-likeness (QED) is 0.761. The lowest BCUT2D eigenvalue weighted by Crippen LogP contribution is -2.35. The van der Waals surface area contributed by atoms with Crippen LogP contribution >= 0.6 is 15.9 Å². The number of halogens is 1. The molecule has 1 aromatic carbocycles. The molecule has 8 heteroatoms. The minimum absolute atomic E-state index is 0.0108. The zero-order valence-electron chi connectivity index (χ0n) is 11.0. The maximum atomic E-state index is 12.2. The summed E-state index contributed by atoms with van der Waals surface area (Å²) in [6.45, 7) is 0.653. The van der Waals surface area contributed by atoms with Crippen LogP contribution in [0, 0.1) is 5.92 Å². The smallest absolute Gasteiger partial charge is 0.337 e. The summed E-state index contributed by atoms with van der Waals surface area (Å²) in [7, 11) is 0. The molecule has 2 rings (SSSR count). The maximum Gasteiger partial charge on any atom is 0.337 e. The van der Waals surface area contributed by atoms with E-state index in [-0.39, 0.29) is 23.7 Å². The van der Waals surface area contributed by atoms with Gasteiger partial charge >= 0.3 is 12.0 Å². The van der Waals surface area contributed by atoms with Crippen LogP contribution in [0.1, 0.15) is 16.8 Å². The summed E-state index contributed by atoms with van der Waals surface area (Å²) in [5.74, 6) is -1.92. The number of nitrogens with two attached hydrogens (primary N) is 1. The largest absolute Gasteiger partial charge is 0.478 e. The van der Waals surface area contributed by atoms with Gasteiger partial charge in [-0.3, -0.25) is 4.79 Å². The molecule has 0 spiro atoms. The zero-order chi connectivity index (χ0) is 15.6. The number of hydrogen-bond acceptors (Lipinski definition) is 3. The minimum Gasteiger partial charge on any atom is -0.478 e. The summed E-state index contributed by atoms with van der Waals surface area (Å²) in [6, 6.07) is 4.16. The molecule has 0 bridgehead atoms. The van der Waals surface area contributed by atoms with Gasteiger partial charge in [-0.1, -0.05) is 6.07 Å². The van der Waals surface area contributed by atoms with Crippen LogP contribution in [0.3, 0.4) is 0 Å². The number of rotatable bonds is 3. The average Bonchev–Trinajstić information content (AvgIpc) is 2.90. The van der Waals surface area contributed by atoms with Crippen molar-refractivity contribution in [2.45, 2.75) is 6.42 Å². The molecular formula is C13H14BrN3O4. The topological polar surface area (TPSA) is 113 Å². The highest BCUT2D eigenvalue weighted by atomic mass is 79.9. The lowest BCUT2D eigenvalue weighted by molar-refractivity contribution is -0.121. The van der Waals surface area contributed by atoms with Crippen LogP contribution in [-0.4, -0.2) is 41.0 Å². The van der Waals surface area contributed by atoms with Gasteiger partial charge in [-0.05, 0) is 34.5 Å². The number of carbonyl (C=O) groups is 3. The Morgan fingerprint density at radius 1 is 1.38 bits per heavy atom. The van der Waals surface area contributed by atoms with Crippen molar-refractivity contribution in [3.05, 3.63) is 28.2 Å². The molecule has 21 heavy (non-hydrogen) atoms. The Labute approximate surface area is 129 Å². The number of carboxylic acid groups (broad SMARTS) is 1. The van der Waals surface area contributed by atoms with E-state index in [1.165, 1.54) is 11.0 Å². The number of anilines is 1. The van der Waals surface area contributed by atoms with E-state index in [0.29, 0.717) is 17.4 Å². The predicted octanol–water partition coefficient (Wildman–Crippen LogP) is 1.49. The second-order valence-corrected chi connectivity index (χ2v) is 5.59. The van der Waals surface area contributed by atoms with E-state index in [4.69, 9.17) is 10.8 Å². The summed E-state index contributed by atoms with van der Waals surface area (Å²) in [5.41, 5.74) is 5.40. The lowest BCUT2D eigenvalue weighted by Gasteiger charge is -2.18. The number of carbonyl (C=O) groups excluding carboxylic acids is 2. The molecule has 0 saturated carbocycles. The minimum atomic E-state index is -1.14. The summed E-state index contributed by atoms with van der Waals surface area (Å²) in [5, 5.41) is 11.7. The monoisotopic (exact) mass is 355 g/mol. The van der Waals surface area contributed by atoms with Gasteiger partial charge in [-0.2, -0.15) is 0 Å². The number of amides is 3. The molecule has 3 amide bonds. The van der Waals surface area contributed by atoms with Crippen molar-refractivity contribution in [2.75, 3.05) is 18.4 Å². The number of likely N-dealkylation sites (tertiary alicyclic amines) is 1. The molecule has 1 aliphatic heterocycles. The van der Waals surface area contributed by atoms with Crippen molar-refractivity contribution in [1.29, 1.82) is 0 Å². The molecule has 1 heterocycles. The highest BCUT2D eigenvalue weighted by molar-refractivity contribution is 9.10. The van der Waals surface area contributed by atoms with Crippen LogP contribution < -0.4 is 11.1 Å². The Morgan fingerprint density at radius 3 is 2.67 bits per heavy atom. The Hall–Kier alpha value is -2.09. The van der Waals surface area contributed by atoms with E-state index in [1.807, 2.05) is 0 Å². The first kappa shape index (κ1) is 15.3. The summed E-state index contributed by atoms with van der Waals surface area (Å²) >= 11 is 3.22. The highest BCUT2D eigenvalue weighted by Gasteiger charge is 2.30. The van der Waals surface area contributed by atoms with Crippen molar-refractivity contribution in [2.24, 2.45) is 11.7 Å². The number of carboxylic acids is 1. The molecule has 0 aliphatic carbocycles. The molecule has 112 valence electrons. The third-order valence-corrected chi connectivity index (χ3v) is 4.01. The Kier molecular flexibility index (Phi) is 4.46. The van der Waals surface area contributed by atoms with Crippen molar-refractivity contribution < 1.29 is 19.5 Å². The molecule has 1 aromatic rings. The van der Waals surface area contributed by atoms with E-state index in [9.17, 15) is 14.4 Å². The summed E-state index contributed by atoms with van der Waals surface area (Å²) in [6.07, 6.45) is 0.518. The van der Waals surface area contributed by atoms with Crippen molar-refractivity contribution in [3.8, 4) is 0 Å².